The van der Waals surface area contributed by atoms with Gasteiger partial charge >= 0.3 is 11.9 Å². The number of fused-ring (bicyclic) bond motifs is 7. The fourth-order valence-corrected chi connectivity index (χ4v) is 16.7. The van der Waals surface area contributed by atoms with Crippen molar-refractivity contribution in [3.05, 3.63) is 48.0 Å². The van der Waals surface area contributed by atoms with Crippen molar-refractivity contribution in [2.75, 3.05) is 19.6 Å². The summed E-state index contributed by atoms with van der Waals surface area (Å²) in [5, 5.41) is 12.9. The Morgan fingerprint density at radius 3 is 2.27 bits per heavy atom. The number of carbonyl (C=O) groups excluding carboxylic acids is 2. The molecule has 60 heavy (non-hydrogen) atoms. The summed E-state index contributed by atoms with van der Waals surface area (Å²) in [7, 11) is 0. The molecule has 0 aromatic heterocycles. The summed E-state index contributed by atoms with van der Waals surface area (Å²) in [4.78, 5) is 41.7. The first-order valence-corrected chi connectivity index (χ1v) is 24.6. The molecule has 1 aromatic rings. The Morgan fingerprint density at radius 1 is 0.800 bits per heavy atom. The van der Waals surface area contributed by atoms with E-state index < -0.39 is 5.97 Å². The predicted molar refractivity (Wildman–Crippen MR) is 239 cm³/mol. The van der Waals surface area contributed by atoms with Crippen LogP contribution in [-0.4, -0.2) is 59.6 Å². The van der Waals surface area contributed by atoms with Crippen molar-refractivity contribution in [2.45, 2.75) is 176 Å². The number of rotatable bonds is 12. The molecule has 0 bridgehead atoms. The van der Waals surface area contributed by atoms with E-state index in [1.807, 2.05) is 0 Å². The van der Waals surface area contributed by atoms with Crippen LogP contribution in [0.2, 0.25) is 0 Å². The lowest BCUT2D eigenvalue weighted by atomic mass is 9.32. The number of allylic oxidation sites excluding steroid dienone is 1. The van der Waals surface area contributed by atoms with Crippen molar-refractivity contribution in [1.82, 2.24) is 10.2 Å². The average Bonchev–Trinajstić information content (AvgIpc) is 3.82. The molecule has 6 saturated carbocycles. The molecular weight excluding hydrogens is 745 g/mol. The number of hydrogen-bond donors (Lipinski definition) is 2. The Morgan fingerprint density at radius 2 is 1.55 bits per heavy atom. The maximum atomic E-state index is 15.0. The monoisotopic (exact) mass is 825 g/mol. The highest BCUT2D eigenvalue weighted by molar-refractivity contribution is 5.84. The highest BCUT2D eigenvalue weighted by atomic mass is 16.5. The number of amides is 1. The van der Waals surface area contributed by atoms with Crippen molar-refractivity contribution in [3.63, 3.8) is 0 Å². The first-order chi connectivity index (χ1) is 28.5. The van der Waals surface area contributed by atoms with Crippen LogP contribution in [0.4, 0.5) is 0 Å². The van der Waals surface area contributed by atoms with E-state index in [0.717, 1.165) is 63.7 Å². The number of carboxylic acids is 1. The molecule has 7 fully saturated rings. The molecule has 7 nitrogen and oxygen atoms in total. The van der Waals surface area contributed by atoms with Crippen LogP contribution in [0, 0.1) is 68.5 Å². The van der Waals surface area contributed by atoms with Crippen molar-refractivity contribution in [3.8, 4) is 0 Å². The van der Waals surface area contributed by atoms with E-state index >= 15 is 4.79 Å². The van der Waals surface area contributed by atoms with Gasteiger partial charge in [-0.3, -0.25) is 14.4 Å². The SMILES string of the molecule is C=C(C)[C@@H]1CC[C@]2(C(=O)N[C@@H]3CC[C@H](CN4CCC(Cc5ccccc5)CC4)C3)CC[C@]3(C)[C@H](CC[C@@H]4[C@@]5(C)CC[C@H](OC(=O)CCCC(=O)O)C(C)(C)[C@@H]5CC[C@]43C)[C@@H]12. The van der Waals surface area contributed by atoms with Crippen LogP contribution < -0.4 is 5.32 Å². The average molecular weight is 825 g/mol. The van der Waals surface area contributed by atoms with Gasteiger partial charge < -0.3 is 20.1 Å². The van der Waals surface area contributed by atoms with Crippen LogP contribution >= 0.6 is 0 Å². The van der Waals surface area contributed by atoms with E-state index in [2.05, 4.69) is 88.7 Å². The molecule has 6 aliphatic carbocycles. The number of hydrogen-bond acceptors (Lipinski definition) is 5. The van der Waals surface area contributed by atoms with Gasteiger partial charge in [0.25, 0.3) is 0 Å². The maximum absolute atomic E-state index is 15.0. The zero-order chi connectivity index (χ0) is 42.7. The summed E-state index contributed by atoms with van der Waals surface area (Å²) in [6.07, 6.45) is 18.5. The van der Waals surface area contributed by atoms with Gasteiger partial charge in [0.05, 0.1) is 5.41 Å². The Bertz CT molecular complexity index is 1750. The standard InChI is InChI=1S/C53H80N2O5/c1-35(2)40-20-27-53(48(59)54-39-17-16-38(33-39)34-55-30-23-37(24-31-55)32-36-12-9-8-10-13-36)29-28-51(6)41(47(40)53)18-19-43-50(5)25-22-44(60-46(58)15-11-14-45(56)57)49(3,4)42(50)21-26-52(43,51)7/h8-10,12-13,37-44,47H,1,11,14-34H2,2-7H3,(H,54,59)(H,56,57)/t38-,39+,40-,41+,42-,43+,44-,47+,50-,51+,52+,53-/m0/s1. The van der Waals surface area contributed by atoms with Crippen molar-refractivity contribution in [1.29, 1.82) is 0 Å². The minimum atomic E-state index is -0.866. The normalized spacial score (nSPS) is 41.3. The molecule has 12 atom stereocenters. The number of ether oxygens (including phenoxy) is 1. The molecular formula is C53H80N2O5. The van der Waals surface area contributed by atoms with Gasteiger partial charge in [-0.2, -0.15) is 0 Å². The predicted octanol–water partition coefficient (Wildman–Crippen LogP) is 11.1. The first kappa shape index (κ1) is 44.0. The van der Waals surface area contributed by atoms with Gasteiger partial charge in [0, 0.05) is 30.8 Å². The van der Waals surface area contributed by atoms with Crippen LogP contribution in [0.3, 0.4) is 0 Å². The third kappa shape index (κ3) is 7.73. The van der Waals surface area contributed by atoms with Crippen LogP contribution in [0.25, 0.3) is 0 Å². The summed E-state index contributed by atoms with van der Waals surface area (Å²) in [6, 6.07) is 11.3. The number of nitrogens with zero attached hydrogens (tertiary/aromatic N) is 1. The van der Waals surface area contributed by atoms with Crippen LogP contribution in [0.5, 0.6) is 0 Å². The maximum Gasteiger partial charge on any atom is 0.306 e. The number of carbonyl (C=O) groups is 3. The van der Waals surface area contributed by atoms with E-state index in [9.17, 15) is 9.59 Å². The summed E-state index contributed by atoms with van der Waals surface area (Å²) in [5.74, 6) is 3.07. The molecule has 1 aliphatic heterocycles. The number of aliphatic carboxylic acids is 1. The summed E-state index contributed by atoms with van der Waals surface area (Å²) >= 11 is 0. The zero-order valence-electron chi connectivity index (χ0n) is 38.4. The van der Waals surface area contributed by atoms with Crippen molar-refractivity contribution >= 4 is 17.8 Å². The molecule has 8 rings (SSSR count). The minimum absolute atomic E-state index is 0.000531. The topological polar surface area (TPSA) is 95.9 Å². The lowest BCUT2D eigenvalue weighted by Crippen LogP contribution is -2.67. The number of likely N-dealkylation sites (tertiary alicyclic amines) is 1. The quantitative estimate of drug-likeness (QED) is 0.161. The van der Waals surface area contributed by atoms with Crippen molar-refractivity contribution in [2.24, 2.45) is 68.5 Å². The fraction of sp³-hybridized carbons (Fsp3) is 0.792. The number of carboxylic acid groups (broad SMARTS) is 1. The molecule has 1 heterocycles. The Hall–Kier alpha value is -2.67. The summed E-state index contributed by atoms with van der Waals surface area (Å²) < 4.78 is 6.19. The molecule has 332 valence electrons. The summed E-state index contributed by atoms with van der Waals surface area (Å²) in [5.41, 5.74) is 2.81. The van der Waals surface area contributed by atoms with E-state index in [-0.39, 0.29) is 52.0 Å². The van der Waals surface area contributed by atoms with Crippen LogP contribution in [0.15, 0.2) is 42.5 Å². The van der Waals surface area contributed by atoms with Gasteiger partial charge in [-0.25, -0.2) is 0 Å². The Kier molecular flexibility index (Phi) is 12.3. The van der Waals surface area contributed by atoms with E-state index in [1.165, 1.54) is 75.7 Å². The van der Waals surface area contributed by atoms with Crippen LogP contribution in [-0.2, 0) is 25.5 Å². The number of piperidine rings is 1. The van der Waals surface area contributed by atoms with Gasteiger partial charge in [-0.05, 0) is 192 Å². The fourth-order valence-electron chi connectivity index (χ4n) is 16.7. The van der Waals surface area contributed by atoms with Crippen LogP contribution in [0.1, 0.15) is 163 Å². The second-order valence-electron chi connectivity index (χ2n) is 23.2. The van der Waals surface area contributed by atoms with Gasteiger partial charge in [-0.15, -0.1) is 0 Å². The smallest absolute Gasteiger partial charge is 0.306 e. The molecule has 0 spiro atoms. The Labute approximate surface area is 363 Å². The molecule has 7 aliphatic rings. The highest BCUT2D eigenvalue weighted by Gasteiger charge is 2.72. The Balaban J connectivity index is 0.920. The molecule has 1 amide bonds. The highest BCUT2D eigenvalue weighted by Crippen LogP contribution is 2.77. The van der Waals surface area contributed by atoms with E-state index in [4.69, 9.17) is 9.84 Å². The number of benzene rings is 1. The third-order valence-corrected chi connectivity index (χ3v) is 20.0. The van der Waals surface area contributed by atoms with Gasteiger partial charge in [-0.1, -0.05) is 77.1 Å². The lowest BCUT2D eigenvalue weighted by Gasteiger charge is -2.72. The number of nitrogens with one attached hydrogen (secondary N) is 1. The second kappa shape index (κ2) is 16.8. The zero-order valence-corrected chi connectivity index (χ0v) is 38.4. The third-order valence-electron chi connectivity index (χ3n) is 20.0. The minimum Gasteiger partial charge on any atom is -0.481 e. The molecule has 1 saturated heterocycles. The largest absolute Gasteiger partial charge is 0.481 e. The first-order valence-electron chi connectivity index (χ1n) is 24.6. The van der Waals surface area contributed by atoms with Crippen molar-refractivity contribution < 1.29 is 24.2 Å². The molecule has 7 heteroatoms. The van der Waals surface area contributed by atoms with Gasteiger partial charge in [0.1, 0.15) is 6.10 Å². The van der Waals surface area contributed by atoms with Gasteiger partial charge in [0.2, 0.25) is 5.91 Å². The lowest BCUT2D eigenvalue weighted by molar-refractivity contribution is -0.249. The van der Waals surface area contributed by atoms with Gasteiger partial charge in [0.15, 0.2) is 0 Å². The van der Waals surface area contributed by atoms with E-state index in [0.29, 0.717) is 53.9 Å². The van der Waals surface area contributed by atoms with E-state index in [1.54, 1.807) is 0 Å². The number of esters is 1. The molecule has 1 aromatic carbocycles. The molecule has 0 radical (unpaired) electrons. The summed E-state index contributed by atoms with van der Waals surface area (Å²) in [6.45, 7) is 23.1. The molecule has 0 unspecified atom stereocenters. The second-order valence-corrected chi connectivity index (χ2v) is 23.2. The molecule has 2 N–H and O–H groups in total.